The molecule has 0 saturated heterocycles. The van der Waals surface area contributed by atoms with Crippen LogP contribution in [0.1, 0.15) is 19.4 Å². The van der Waals surface area contributed by atoms with Crippen LogP contribution in [-0.2, 0) is 16.0 Å². The van der Waals surface area contributed by atoms with Crippen molar-refractivity contribution in [2.45, 2.75) is 24.6 Å². The summed E-state index contributed by atoms with van der Waals surface area (Å²) in [6, 6.07) is 8.08. The second-order valence-corrected chi connectivity index (χ2v) is 6.81. The van der Waals surface area contributed by atoms with Crippen LogP contribution >= 0.6 is 23.1 Å². The Kier molecular flexibility index (Phi) is 7.01. The Morgan fingerprint density at radius 1 is 1.21 bits per heavy atom. The SMILES string of the molecule is CCOC(=O)NC(=O)CSc1nnc(Nc2ccc(CC)cc2)s1. The summed E-state index contributed by atoms with van der Waals surface area (Å²) in [6.07, 6.45) is 0.256. The third kappa shape index (κ3) is 5.82. The number of thioether (sulfide) groups is 1. The molecule has 0 fully saturated rings. The molecule has 9 heteroatoms. The van der Waals surface area contributed by atoms with Gasteiger partial charge in [0.2, 0.25) is 11.0 Å². The largest absolute Gasteiger partial charge is 0.450 e. The number of anilines is 2. The molecule has 0 aliphatic carbocycles. The summed E-state index contributed by atoms with van der Waals surface area (Å²) >= 11 is 2.55. The van der Waals surface area contributed by atoms with Crippen molar-refractivity contribution in [3.05, 3.63) is 29.8 Å². The fourth-order valence-corrected chi connectivity index (χ4v) is 3.28. The van der Waals surface area contributed by atoms with Gasteiger partial charge in [0.1, 0.15) is 0 Å². The van der Waals surface area contributed by atoms with E-state index in [0.717, 1.165) is 12.1 Å². The highest BCUT2D eigenvalue weighted by Crippen LogP contribution is 2.27. The number of ether oxygens (including phenoxy) is 1. The smallest absolute Gasteiger partial charge is 0.413 e. The summed E-state index contributed by atoms with van der Waals surface area (Å²) in [6.45, 7) is 4.00. The van der Waals surface area contributed by atoms with E-state index in [0.29, 0.717) is 9.47 Å². The van der Waals surface area contributed by atoms with Crippen LogP contribution in [0.5, 0.6) is 0 Å². The van der Waals surface area contributed by atoms with Gasteiger partial charge in [-0.2, -0.15) is 0 Å². The minimum Gasteiger partial charge on any atom is -0.450 e. The van der Waals surface area contributed by atoms with Crippen LogP contribution in [0.2, 0.25) is 0 Å². The Balaban J connectivity index is 1.82. The average Bonchev–Trinajstić information content (AvgIpc) is 3.01. The second kappa shape index (κ2) is 9.24. The lowest BCUT2D eigenvalue weighted by Crippen LogP contribution is -2.32. The number of aromatic nitrogens is 2. The van der Waals surface area contributed by atoms with Gasteiger partial charge in [0.05, 0.1) is 12.4 Å². The molecule has 1 aromatic heterocycles. The summed E-state index contributed by atoms with van der Waals surface area (Å²) < 4.78 is 5.28. The molecule has 2 rings (SSSR count). The molecular formula is C15H18N4O3S2. The van der Waals surface area contributed by atoms with E-state index >= 15 is 0 Å². The molecule has 7 nitrogen and oxygen atoms in total. The predicted molar refractivity (Wildman–Crippen MR) is 94.9 cm³/mol. The van der Waals surface area contributed by atoms with Crippen molar-refractivity contribution >= 4 is 45.9 Å². The van der Waals surface area contributed by atoms with Crippen LogP contribution in [0.25, 0.3) is 0 Å². The van der Waals surface area contributed by atoms with Gasteiger partial charge in [-0.3, -0.25) is 10.1 Å². The normalized spacial score (nSPS) is 10.2. The van der Waals surface area contributed by atoms with Crippen molar-refractivity contribution in [3.63, 3.8) is 0 Å². The Labute approximate surface area is 148 Å². The standard InChI is InChI=1S/C15H18N4O3S2/c1-3-10-5-7-11(8-6-10)16-13-18-19-15(24-13)23-9-12(20)17-14(21)22-4-2/h5-8H,3-4,9H2,1-2H3,(H,16,18)(H,17,20,21). The van der Waals surface area contributed by atoms with Gasteiger partial charge in [0.15, 0.2) is 4.34 Å². The van der Waals surface area contributed by atoms with Crippen molar-refractivity contribution in [3.8, 4) is 0 Å². The molecule has 1 aromatic carbocycles. The maximum Gasteiger partial charge on any atom is 0.413 e. The van der Waals surface area contributed by atoms with Crippen molar-refractivity contribution in [1.82, 2.24) is 15.5 Å². The molecular weight excluding hydrogens is 348 g/mol. The molecule has 2 N–H and O–H groups in total. The lowest BCUT2D eigenvalue weighted by Gasteiger charge is -2.03. The first kappa shape index (κ1) is 18.2. The number of nitrogens with one attached hydrogen (secondary N) is 2. The second-order valence-electron chi connectivity index (χ2n) is 4.61. The summed E-state index contributed by atoms with van der Waals surface area (Å²) in [5, 5.41) is 14.0. The van der Waals surface area contributed by atoms with Gasteiger partial charge in [-0.15, -0.1) is 10.2 Å². The first-order valence-electron chi connectivity index (χ1n) is 7.39. The predicted octanol–water partition coefficient (Wildman–Crippen LogP) is 3.21. The summed E-state index contributed by atoms with van der Waals surface area (Å²) in [7, 11) is 0. The molecule has 2 amide bonds. The van der Waals surface area contributed by atoms with Crippen molar-refractivity contribution in [2.75, 3.05) is 17.7 Å². The molecule has 1 heterocycles. The number of hydrogen-bond donors (Lipinski definition) is 2. The lowest BCUT2D eigenvalue weighted by atomic mass is 10.1. The van der Waals surface area contributed by atoms with Crippen molar-refractivity contribution in [2.24, 2.45) is 0 Å². The molecule has 128 valence electrons. The van der Waals surface area contributed by atoms with E-state index in [9.17, 15) is 9.59 Å². The number of aryl methyl sites for hydroxylation is 1. The van der Waals surface area contributed by atoms with Crippen LogP contribution < -0.4 is 10.6 Å². The third-order valence-electron chi connectivity index (χ3n) is 2.86. The highest BCUT2D eigenvalue weighted by atomic mass is 32.2. The Morgan fingerprint density at radius 2 is 1.96 bits per heavy atom. The van der Waals surface area contributed by atoms with E-state index < -0.39 is 12.0 Å². The van der Waals surface area contributed by atoms with Crippen LogP contribution in [0.15, 0.2) is 28.6 Å². The first-order valence-corrected chi connectivity index (χ1v) is 9.19. The molecule has 2 aromatic rings. The molecule has 0 unspecified atom stereocenters. The summed E-state index contributed by atoms with van der Waals surface area (Å²) in [5.41, 5.74) is 2.20. The maximum atomic E-state index is 11.6. The van der Waals surface area contributed by atoms with Gasteiger partial charge < -0.3 is 10.1 Å². The van der Waals surface area contributed by atoms with Crippen LogP contribution in [0.4, 0.5) is 15.6 Å². The number of benzene rings is 1. The average molecular weight is 366 g/mol. The van der Waals surface area contributed by atoms with Gasteiger partial charge in [0, 0.05) is 5.69 Å². The number of amides is 2. The fourth-order valence-electron chi connectivity index (χ4n) is 1.71. The topological polar surface area (TPSA) is 93.2 Å². The summed E-state index contributed by atoms with van der Waals surface area (Å²) in [5.74, 6) is -0.364. The van der Waals surface area contributed by atoms with E-state index in [2.05, 4.69) is 44.6 Å². The summed E-state index contributed by atoms with van der Waals surface area (Å²) in [4.78, 5) is 22.7. The first-order chi connectivity index (χ1) is 11.6. The fraction of sp³-hybridized carbons (Fsp3) is 0.333. The van der Waals surface area contributed by atoms with Gasteiger partial charge in [-0.25, -0.2) is 4.79 Å². The van der Waals surface area contributed by atoms with E-state index in [1.165, 1.54) is 28.7 Å². The number of imide groups is 1. The quantitative estimate of drug-likeness (QED) is 0.727. The number of nitrogens with zero attached hydrogens (tertiary/aromatic N) is 2. The zero-order chi connectivity index (χ0) is 17.4. The molecule has 0 radical (unpaired) electrons. The molecule has 0 spiro atoms. The number of hydrogen-bond acceptors (Lipinski definition) is 8. The zero-order valence-electron chi connectivity index (χ0n) is 13.4. The van der Waals surface area contributed by atoms with E-state index in [1.807, 2.05) is 12.1 Å². The third-order valence-corrected chi connectivity index (χ3v) is 4.84. The van der Waals surface area contributed by atoms with Crippen molar-refractivity contribution < 1.29 is 14.3 Å². The number of rotatable bonds is 7. The molecule has 0 aliphatic heterocycles. The number of alkyl carbamates (subject to hydrolysis) is 1. The van der Waals surface area contributed by atoms with Crippen molar-refractivity contribution in [1.29, 1.82) is 0 Å². The monoisotopic (exact) mass is 366 g/mol. The Bertz CT molecular complexity index is 688. The van der Waals surface area contributed by atoms with Gasteiger partial charge in [0.25, 0.3) is 0 Å². The van der Waals surface area contributed by atoms with Gasteiger partial charge >= 0.3 is 6.09 Å². The molecule has 24 heavy (non-hydrogen) atoms. The minimum absolute atomic E-state index is 0.0681. The molecule has 0 atom stereocenters. The highest BCUT2D eigenvalue weighted by Gasteiger charge is 2.11. The van der Waals surface area contributed by atoms with Crippen LogP contribution in [0.3, 0.4) is 0 Å². The van der Waals surface area contributed by atoms with Crippen LogP contribution in [0, 0.1) is 0 Å². The van der Waals surface area contributed by atoms with E-state index in [4.69, 9.17) is 0 Å². The Hall–Kier alpha value is -2.13. The van der Waals surface area contributed by atoms with E-state index in [1.54, 1.807) is 6.92 Å². The molecule has 0 saturated carbocycles. The molecule has 0 aliphatic rings. The van der Waals surface area contributed by atoms with Crippen LogP contribution in [-0.4, -0.2) is 34.6 Å². The van der Waals surface area contributed by atoms with Gasteiger partial charge in [-0.05, 0) is 31.0 Å². The molecule has 0 bridgehead atoms. The number of carbonyl (C=O) groups is 2. The number of carbonyl (C=O) groups excluding carboxylic acids is 2. The maximum absolute atomic E-state index is 11.6. The highest BCUT2D eigenvalue weighted by molar-refractivity contribution is 8.01. The zero-order valence-corrected chi connectivity index (χ0v) is 15.0. The van der Waals surface area contributed by atoms with Gasteiger partial charge in [-0.1, -0.05) is 42.2 Å². The minimum atomic E-state index is -0.738. The van der Waals surface area contributed by atoms with E-state index in [-0.39, 0.29) is 12.4 Å². The Morgan fingerprint density at radius 3 is 2.62 bits per heavy atom. The lowest BCUT2D eigenvalue weighted by molar-refractivity contribution is -0.117.